The van der Waals surface area contributed by atoms with Crippen LogP contribution in [-0.2, 0) is 21.4 Å². The molecule has 3 aliphatic rings. The zero-order chi connectivity index (χ0) is 42.9. The van der Waals surface area contributed by atoms with Crippen LogP contribution in [0.1, 0.15) is 79.5 Å². The zero-order valence-corrected chi connectivity index (χ0v) is 35.1. The van der Waals surface area contributed by atoms with Gasteiger partial charge < -0.3 is 20.3 Å². The van der Waals surface area contributed by atoms with Crippen molar-refractivity contribution in [1.29, 1.82) is 5.26 Å². The average molecular weight is 853 g/mol. The van der Waals surface area contributed by atoms with Gasteiger partial charge >= 0.3 is 11.7 Å². The number of urea groups is 1. The van der Waals surface area contributed by atoms with Gasteiger partial charge in [0, 0.05) is 81.3 Å². The summed E-state index contributed by atoms with van der Waals surface area (Å²) in [4.78, 5) is 61.9. The van der Waals surface area contributed by atoms with Crippen LogP contribution in [0.2, 0.25) is 0 Å². The molecule has 17 nitrogen and oxygen atoms in total. The number of carbonyl (C=O) groups is 3. The quantitative estimate of drug-likeness (QED) is 0.141. The van der Waals surface area contributed by atoms with Crippen LogP contribution in [0.4, 0.5) is 10.5 Å². The number of ether oxygens (including phenoxy) is 1. The molecule has 7 heterocycles. The standard InChI is InChI=1S/C44H44N12O5S/c1-46-33-22-36(55-19-14-29-21-26(23-45)24-48-39(29)55)47-25-32(33)42-52-51-41(62-42)28-8-10-30(11-9-28)49-43(59)54-17-15-31(16-18-54)61-20-4-6-27-5-3-7-34-38(27)53(2)44(60)56(34)35-12-13-37(57)50-40(35)58/h3,5,7,14,19,21-22,24-25,28,30-31,35H,8-13,15-18,20H2,1-2H3,(H,46,47)(H,49,59)(H,50,57,58)/t28-,30-,35?. The highest BCUT2D eigenvalue weighted by atomic mass is 32.1. The molecule has 9 rings (SSSR count). The highest BCUT2D eigenvalue weighted by molar-refractivity contribution is 7.14. The summed E-state index contributed by atoms with van der Waals surface area (Å²) >= 11 is 1.58. The molecule has 5 aromatic heterocycles. The van der Waals surface area contributed by atoms with Crippen LogP contribution in [0.3, 0.4) is 0 Å². The number of hydrogen-bond donors (Lipinski definition) is 3. The normalized spacial score (nSPS) is 19.5. The highest BCUT2D eigenvalue weighted by Gasteiger charge is 2.32. The number of rotatable bonds is 8. The lowest BCUT2D eigenvalue weighted by atomic mass is 9.86. The predicted octanol–water partition coefficient (Wildman–Crippen LogP) is 4.75. The van der Waals surface area contributed by atoms with Gasteiger partial charge in [0.1, 0.15) is 35.2 Å². The van der Waals surface area contributed by atoms with Crippen LogP contribution < -0.4 is 21.6 Å². The number of amides is 4. The zero-order valence-electron chi connectivity index (χ0n) is 34.3. The number of nitrogens with zero attached hydrogens (tertiary/aromatic N) is 9. The Kier molecular flexibility index (Phi) is 11.3. The number of imide groups is 1. The number of aryl methyl sites for hydroxylation is 1. The van der Waals surface area contributed by atoms with E-state index >= 15 is 0 Å². The van der Waals surface area contributed by atoms with E-state index in [1.807, 2.05) is 47.0 Å². The van der Waals surface area contributed by atoms with Crippen molar-refractivity contribution in [2.45, 2.75) is 75.5 Å². The number of aromatic nitrogens is 7. The second-order valence-corrected chi connectivity index (χ2v) is 16.9. The third-order valence-electron chi connectivity index (χ3n) is 12.1. The predicted molar refractivity (Wildman–Crippen MR) is 232 cm³/mol. The molecule has 2 aliphatic heterocycles. The minimum Gasteiger partial charge on any atom is -0.387 e. The molecule has 1 saturated carbocycles. The Morgan fingerprint density at radius 3 is 2.61 bits per heavy atom. The van der Waals surface area contributed by atoms with E-state index in [1.54, 1.807) is 42.9 Å². The van der Waals surface area contributed by atoms with Crippen molar-refractivity contribution in [3.05, 3.63) is 81.6 Å². The van der Waals surface area contributed by atoms with Gasteiger partial charge in [0.2, 0.25) is 11.8 Å². The Morgan fingerprint density at radius 2 is 1.84 bits per heavy atom. The maximum Gasteiger partial charge on any atom is 0.329 e. The number of para-hydroxylation sites is 1. The summed E-state index contributed by atoms with van der Waals surface area (Å²) < 4.78 is 10.9. The summed E-state index contributed by atoms with van der Waals surface area (Å²) in [6.07, 6.45) is 10.6. The monoisotopic (exact) mass is 852 g/mol. The van der Waals surface area contributed by atoms with E-state index in [1.165, 1.54) is 9.13 Å². The number of nitriles is 1. The molecule has 316 valence electrons. The summed E-state index contributed by atoms with van der Waals surface area (Å²) in [7, 11) is 3.52. The molecule has 3 N–H and O–H groups in total. The SMILES string of the molecule is CNc1cc(-n2ccc3cc(C#N)cnc32)ncc1-c1nnc([C@H]2CC[C@H](NC(=O)N3CCC(OCC#Cc4cccc5c4n(C)c(=O)n5C4CCC(=O)NC4=O)CC3)CC2)s1. The molecule has 6 aromatic rings. The Morgan fingerprint density at radius 1 is 1.02 bits per heavy atom. The van der Waals surface area contributed by atoms with Crippen molar-refractivity contribution >= 4 is 56.9 Å². The number of carbonyl (C=O) groups excluding carboxylic acids is 3. The van der Waals surface area contributed by atoms with Gasteiger partial charge in [-0.25, -0.2) is 19.6 Å². The van der Waals surface area contributed by atoms with E-state index < -0.39 is 11.9 Å². The molecule has 3 fully saturated rings. The highest BCUT2D eigenvalue weighted by Crippen LogP contribution is 2.39. The van der Waals surface area contributed by atoms with Gasteiger partial charge in [-0.05, 0) is 69.2 Å². The molecule has 4 amide bonds. The van der Waals surface area contributed by atoms with Crippen molar-refractivity contribution in [1.82, 2.24) is 49.4 Å². The maximum absolute atomic E-state index is 13.3. The van der Waals surface area contributed by atoms with E-state index in [2.05, 4.69) is 49.0 Å². The first-order chi connectivity index (χ1) is 30.2. The van der Waals surface area contributed by atoms with Gasteiger partial charge in [-0.1, -0.05) is 29.2 Å². The molecule has 0 bridgehead atoms. The minimum atomic E-state index is -0.762. The number of likely N-dealkylation sites (tertiary alicyclic amines) is 1. The Labute approximate surface area is 360 Å². The number of anilines is 1. The van der Waals surface area contributed by atoms with Crippen LogP contribution in [0.5, 0.6) is 0 Å². The lowest BCUT2D eigenvalue weighted by Crippen LogP contribution is -2.49. The number of pyridine rings is 2. The molecule has 0 radical (unpaired) electrons. The van der Waals surface area contributed by atoms with Crippen LogP contribution in [0, 0.1) is 23.2 Å². The topological polar surface area (TPSA) is 207 Å². The van der Waals surface area contributed by atoms with Crippen molar-refractivity contribution in [2.24, 2.45) is 7.05 Å². The van der Waals surface area contributed by atoms with Crippen molar-refractivity contribution in [3.8, 4) is 34.3 Å². The molecule has 1 aromatic carbocycles. The molecular weight excluding hydrogens is 809 g/mol. The largest absolute Gasteiger partial charge is 0.387 e. The third kappa shape index (κ3) is 7.90. The van der Waals surface area contributed by atoms with E-state index in [0.29, 0.717) is 53.9 Å². The molecule has 0 spiro atoms. The van der Waals surface area contributed by atoms with Crippen molar-refractivity contribution < 1.29 is 19.1 Å². The lowest BCUT2D eigenvalue weighted by molar-refractivity contribution is -0.135. The van der Waals surface area contributed by atoms with Gasteiger partial charge in [-0.15, -0.1) is 10.2 Å². The third-order valence-corrected chi connectivity index (χ3v) is 13.2. The van der Waals surface area contributed by atoms with E-state index in [9.17, 15) is 24.4 Å². The van der Waals surface area contributed by atoms with Gasteiger partial charge in [-0.2, -0.15) is 5.26 Å². The van der Waals surface area contributed by atoms with E-state index in [0.717, 1.165) is 58.0 Å². The van der Waals surface area contributed by atoms with Crippen molar-refractivity contribution in [2.75, 3.05) is 32.1 Å². The lowest BCUT2D eigenvalue weighted by Gasteiger charge is -2.34. The molecule has 1 unspecified atom stereocenters. The van der Waals surface area contributed by atoms with Crippen LogP contribution in [0.25, 0.3) is 38.5 Å². The Balaban J connectivity index is 0.740. The molecule has 18 heteroatoms. The van der Waals surface area contributed by atoms with Crippen LogP contribution in [0.15, 0.2) is 59.8 Å². The summed E-state index contributed by atoms with van der Waals surface area (Å²) in [5.41, 5.74) is 4.47. The Bertz CT molecular complexity index is 2880. The molecule has 1 aliphatic carbocycles. The second-order valence-electron chi connectivity index (χ2n) is 15.9. The van der Waals surface area contributed by atoms with Gasteiger partial charge in [0.25, 0.3) is 0 Å². The fraction of sp³-hybridized carbons (Fsp3) is 0.386. The van der Waals surface area contributed by atoms with E-state index in [-0.39, 0.29) is 55.1 Å². The average Bonchev–Trinajstić information content (AvgIpc) is 4.02. The van der Waals surface area contributed by atoms with Gasteiger partial charge in [0.05, 0.1) is 33.8 Å². The fourth-order valence-electron chi connectivity index (χ4n) is 8.77. The van der Waals surface area contributed by atoms with Gasteiger partial charge in [0.15, 0.2) is 5.01 Å². The first kappa shape index (κ1) is 40.5. The molecule has 2 saturated heterocycles. The fourth-order valence-corrected chi connectivity index (χ4v) is 9.80. The first-order valence-corrected chi connectivity index (χ1v) is 21.6. The molecular formula is C44H44N12O5S. The summed E-state index contributed by atoms with van der Waals surface area (Å²) in [5, 5.41) is 29.9. The maximum atomic E-state index is 13.3. The molecule has 1 atom stereocenters. The number of piperidine rings is 2. The number of hydrogen-bond acceptors (Lipinski definition) is 12. The number of benzene rings is 1. The first-order valence-electron chi connectivity index (χ1n) is 20.8. The minimum absolute atomic E-state index is 0.0242. The summed E-state index contributed by atoms with van der Waals surface area (Å²) in [6, 6.07) is 12.5. The summed E-state index contributed by atoms with van der Waals surface area (Å²) in [5.74, 6) is 6.38. The summed E-state index contributed by atoms with van der Waals surface area (Å²) in [6.45, 7) is 1.38. The Hall–Kier alpha value is -6.89. The number of fused-ring (bicyclic) bond motifs is 2. The number of imidazole rings is 1. The number of nitrogens with one attached hydrogen (secondary N) is 3. The van der Waals surface area contributed by atoms with E-state index in [4.69, 9.17) is 9.72 Å². The second kappa shape index (κ2) is 17.2. The van der Waals surface area contributed by atoms with Gasteiger partial charge in [-0.3, -0.25) is 28.6 Å². The van der Waals surface area contributed by atoms with Crippen LogP contribution in [-0.4, -0.2) is 95.5 Å². The molecule has 62 heavy (non-hydrogen) atoms. The smallest absolute Gasteiger partial charge is 0.329 e. The van der Waals surface area contributed by atoms with Crippen LogP contribution >= 0.6 is 11.3 Å². The van der Waals surface area contributed by atoms with Crippen molar-refractivity contribution in [3.63, 3.8) is 0 Å².